The predicted octanol–water partition coefficient (Wildman–Crippen LogP) is 7.63. The van der Waals surface area contributed by atoms with E-state index in [0.717, 1.165) is 71.8 Å². The zero-order valence-electron chi connectivity index (χ0n) is 27.0. The largest absolute Gasteiger partial charge is 0.493 e. The highest BCUT2D eigenvalue weighted by Gasteiger charge is 2.27. The van der Waals surface area contributed by atoms with Gasteiger partial charge < -0.3 is 19.5 Å². The maximum atomic E-state index is 12.8. The molecule has 2 N–H and O–H groups in total. The lowest BCUT2D eigenvalue weighted by Gasteiger charge is -2.12. The second-order valence-electron chi connectivity index (χ2n) is 12.0. The Morgan fingerprint density at radius 3 is 2.67 bits per heavy atom. The van der Waals surface area contributed by atoms with Gasteiger partial charge in [-0.3, -0.25) is 9.36 Å². The quantitative estimate of drug-likeness (QED) is 0.194. The Bertz CT molecular complexity index is 2190. The molecule has 0 saturated carbocycles. The van der Waals surface area contributed by atoms with Crippen molar-refractivity contribution in [2.75, 3.05) is 13.2 Å². The van der Waals surface area contributed by atoms with Crippen LogP contribution in [0.15, 0.2) is 59.5 Å². The Morgan fingerprint density at radius 1 is 1.02 bits per heavy atom. The minimum absolute atomic E-state index is 0.000373. The number of aliphatic hydroxyl groups excluding tert-OH is 1. The van der Waals surface area contributed by atoms with E-state index in [-0.39, 0.29) is 12.3 Å². The Kier molecular flexibility index (Phi) is 9.21. The SMILES string of the molecule is Cc1c2c(nn1C)CSCc1cc(nn1CCO)CSc1cc(c3ccccc3c1)OCCCc1c(C(=O)O)n(C)c3c-2c(Cl)ccc13. The van der Waals surface area contributed by atoms with Crippen LogP contribution in [0.5, 0.6) is 5.75 Å². The van der Waals surface area contributed by atoms with Crippen molar-refractivity contribution < 1.29 is 19.7 Å². The molecular weight excluding hydrogens is 666 g/mol. The molecule has 0 fully saturated rings. The maximum absolute atomic E-state index is 12.8. The van der Waals surface area contributed by atoms with Crippen LogP contribution < -0.4 is 4.74 Å². The first kappa shape index (κ1) is 32.6. The number of carbonyl (C=O) groups is 1. The highest BCUT2D eigenvalue weighted by atomic mass is 35.5. The lowest BCUT2D eigenvalue weighted by atomic mass is 9.98. The maximum Gasteiger partial charge on any atom is 0.352 e. The summed E-state index contributed by atoms with van der Waals surface area (Å²) in [5, 5.41) is 33.5. The van der Waals surface area contributed by atoms with Gasteiger partial charge in [-0.25, -0.2) is 4.79 Å². The molecule has 7 rings (SSSR count). The first-order valence-corrected chi connectivity index (χ1v) is 18.4. The van der Waals surface area contributed by atoms with E-state index in [1.165, 1.54) is 0 Å². The number of thioether (sulfide) groups is 2. The molecular formula is C36H36ClN5O4S2. The second kappa shape index (κ2) is 13.5. The molecule has 0 radical (unpaired) electrons. The van der Waals surface area contributed by atoms with E-state index in [1.54, 1.807) is 35.1 Å². The topological polar surface area (TPSA) is 107 Å². The molecule has 9 nitrogen and oxygen atoms in total. The van der Waals surface area contributed by atoms with Crippen molar-refractivity contribution in [2.24, 2.45) is 14.1 Å². The number of halogens is 1. The Labute approximate surface area is 291 Å². The van der Waals surface area contributed by atoms with Crippen molar-refractivity contribution in [1.82, 2.24) is 24.1 Å². The smallest absolute Gasteiger partial charge is 0.352 e. The van der Waals surface area contributed by atoms with Crippen LogP contribution in [0.4, 0.5) is 0 Å². The van der Waals surface area contributed by atoms with Gasteiger partial charge in [0.2, 0.25) is 0 Å². The summed E-state index contributed by atoms with van der Waals surface area (Å²) in [5.41, 5.74) is 7.33. The molecule has 8 bridgehead atoms. The molecule has 248 valence electrons. The lowest BCUT2D eigenvalue weighted by Crippen LogP contribution is -2.09. The van der Waals surface area contributed by atoms with Crippen LogP contribution in [-0.4, -0.2) is 53.5 Å². The highest BCUT2D eigenvalue weighted by molar-refractivity contribution is 7.98. The summed E-state index contributed by atoms with van der Waals surface area (Å²) in [4.78, 5) is 13.8. The van der Waals surface area contributed by atoms with Gasteiger partial charge in [0.1, 0.15) is 11.4 Å². The van der Waals surface area contributed by atoms with Crippen LogP contribution in [0.1, 0.15) is 45.2 Å². The van der Waals surface area contributed by atoms with Gasteiger partial charge >= 0.3 is 5.97 Å². The van der Waals surface area contributed by atoms with Gasteiger partial charge in [-0.05, 0) is 55.0 Å². The number of hydrogen-bond acceptors (Lipinski definition) is 7. The van der Waals surface area contributed by atoms with Crippen LogP contribution in [0.3, 0.4) is 0 Å². The average Bonchev–Trinajstić information content (AvgIpc) is 3.68. The number of benzene rings is 3. The first-order chi connectivity index (χ1) is 23.2. The molecule has 48 heavy (non-hydrogen) atoms. The number of aromatic nitrogens is 5. The van der Waals surface area contributed by atoms with Gasteiger partial charge in [-0.15, -0.1) is 23.5 Å². The third-order valence-corrected chi connectivity index (χ3v) is 11.3. The van der Waals surface area contributed by atoms with E-state index < -0.39 is 5.97 Å². The van der Waals surface area contributed by atoms with Crippen molar-refractivity contribution in [2.45, 2.75) is 48.5 Å². The zero-order chi connectivity index (χ0) is 33.5. The number of aromatic carboxylic acids is 1. The predicted molar refractivity (Wildman–Crippen MR) is 193 cm³/mol. The van der Waals surface area contributed by atoms with Gasteiger partial charge in [0.15, 0.2) is 0 Å². The van der Waals surface area contributed by atoms with E-state index in [4.69, 9.17) is 26.5 Å². The molecule has 0 aliphatic carbocycles. The highest BCUT2D eigenvalue weighted by Crippen LogP contribution is 2.43. The number of rotatable bonds is 3. The Balaban J connectivity index is 1.36. The van der Waals surface area contributed by atoms with E-state index in [1.807, 2.05) is 47.6 Å². The molecule has 3 aromatic carbocycles. The standard InChI is InChI=1S/C36H36ClN5O4S2/c1-21-32-30(39-41(21)3)20-47-19-24-16-23(38-42(24)12-13-43)18-48-25-15-22-7-4-5-8-26(22)31(17-25)46-14-6-9-27-28-10-11-29(37)33(32)34(28)40(2)35(27)36(44)45/h4-5,7-8,10-11,15-17,43H,6,9,12-14,18-20H2,1-3H3,(H,44,45). The summed E-state index contributed by atoms with van der Waals surface area (Å²) in [6.45, 7) is 2.86. The number of fused-ring (bicyclic) bond motifs is 8. The molecule has 12 heteroatoms. The lowest BCUT2D eigenvalue weighted by molar-refractivity contribution is 0.0685. The summed E-state index contributed by atoms with van der Waals surface area (Å²) < 4.78 is 12.0. The van der Waals surface area contributed by atoms with Gasteiger partial charge in [-0.1, -0.05) is 41.9 Å². The average molecular weight is 702 g/mol. The van der Waals surface area contributed by atoms with Crippen LogP contribution in [0.2, 0.25) is 5.02 Å². The van der Waals surface area contributed by atoms with Crippen LogP contribution in [0, 0.1) is 6.92 Å². The van der Waals surface area contributed by atoms with Crippen LogP contribution in [0.25, 0.3) is 32.8 Å². The van der Waals surface area contributed by atoms with Gasteiger partial charge in [0.25, 0.3) is 0 Å². The molecule has 0 saturated heterocycles. The number of aryl methyl sites for hydroxylation is 3. The molecule has 4 heterocycles. The zero-order valence-corrected chi connectivity index (χ0v) is 29.4. The van der Waals surface area contributed by atoms with Gasteiger partial charge in [-0.2, -0.15) is 10.2 Å². The van der Waals surface area contributed by atoms with Crippen molar-refractivity contribution in [1.29, 1.82) is 0 Å². The summed E-state index contributed by atoms with van der Waals surface area (Å²) in [7, 11) is 3.72. The molecule has 6 aromatic rings. The monoisotopic (exact) mass is 701 g/mol. The number of ether oxygens (including phenoxy) is 1. The number of carboxylic acids is 1. The third kappa shape index (κ3) is 5.97. The fourth-order valence-corrected chi connectivity index (χ4v) is 8.79. The molecule has 0 spiro atoms. The number of carboxylic acid groups (broad SMARTS) is 1. The molecule has 3 aromatic heterocycles. The normalized spacial score (nSPS) is 14.2. The minimum Gasteiger partial charge on any atom is -0.493 e. The van der Waals surface area contributed by atoms with Crippen molar-refractivity contribution in [3.05, 3.63) is 93.7 Å². The molecule has 0 unspecified atom stereocenters. The molecule has 1 aliphatic heterocycles. The van der Waals surface area contributed by atoms with Crippen molar-refractivity contribution in [3.8, 4) is 16.9 Å². The fraction of sp³-hybridized carbons (Fsp3) is 0.306. The Hall–Kier alpha value is -3.90. The van der Waals surface area contributed by atoms with E-state index >= 15 is 0 Å². The Morgan fingerprint density at radius 2 is 1.85 bits per heavy atom. The first-order valence-electron chi connectivity index (χ1n) is 15.8. The van der Waals surface area contributed by atoms with Crippen molar-refractivity contribution >= 4 is 62.8 Å². The minimum atomic E-state index is -0.977. The van der Waals surface area contributed by atoms with E-state index in [0.29, 0.717) is 48.3 Å². The van der Waals surface area contributed by atoms with Crippen LogP contribution >= 0.6 is 35.1 Å². The van der Waals surface area contributed by atoms with E-state index in [9.17, 15) is 15.0 Å². The molecule has 1 aliphatic rings. The molecule has 0 amide bonds. The van der Waals surface area contributed by atoms with Gasteiger partial charge in [0, 0.05) is 69.5 Å². The summed E-state index contributed by atoms with van der Waals surface area (Å²) in [6, 6.07) is 18.4. The fourth-order valence-electron chi connectivity index (χ4n) is 6.75. The summed E-state index contributed by atoms with van der Waals surface area (Å²) in [6.07, 6.45) is 1.15. The second-order valence-corrected chi connectivity index (χ2v) is 14.4. The van der Waals surface area contributed by atoms with Gasteiger partial charge in [0.05, 0.1) is 41.7 Å². The number of hydrogen-bond donors (Lipinski definition) is 2. The van der Waals surface area contributed by atoms with Crippen LogP contribution in [-0.2, 0) is 44.3 Å². The van der Waals surface area contributed by atoms with Crippen molar-refractivity contribution in [3.63, 3.8) is 0 Å². The summed E-state index contributed by atoms with van der Waals surface area (Å²) >= 11 is 10.4. The third-order valence-electron chi connectivity index (χ3n) is 9.00. The van der Waals surface area contributed by atoms with E-state index in [2.05, 4.69) is 30.3 Å². The summed E-state index contributed by atoms with van der Waals surface area (Å²) in [5.74, 6) is 1.78. The number of nitrogens with zero attached hydrogens (tertiary/aromatic N) is 5. The molecule has 0 atom stereocenters. The number of aliphatic hydroxyl groups is 1.